The van der Waals surface area contributed by atoms with Crippen LogP contribution in [0.2, 0.25) is 0 Å². The summed E-state index contributed by atoms with van der Waals surface area (Å²) in [5, 5.41) is 3.17. The highest BCUT2D eigenvalue weighted by Gasteiger charge is 2.41. The van der Waals surface area contributed by atoms with Crippen LogP contribution in [0.25, 0.3) is 0 Å². The molecule has 0 aromatic heterocycles. The third kappa shape index (κ3) is 1.62. The van der Waals surface area contributed by atoms with E-state index in [9.17, 15) is 4.39 Å². The molecule has 1 aliphatic heterocycles. The van der Waals surface area contributed by atoms with E-state index in [4.69, 9.17) is 5.73 Å². The number of hydrogen-bond donors (Lipinski definition) is 2. The lowest BCUT2D eigenvalue weighted by atomic mass is 9.84. The molecule has 0 aromatic rings. The van der Waals surface area contributed by atoms with Gasteiger partial charge in [0.2, 0.25) is 0 Å². The van der Waals surface area contributed by atoms with E-state index in [1.165, 1.54) is 0 Å². The summed E-state index contributed by atoms with van der Waals surface area (Å²) in [6.07, 6.45) is 1.99. The quantitative estimate of drug-likeness (QED) is 0.671. The number of rotatable bonds is 3. The molecule has 2 atom stereocenters. The van der Waals surface area contributed by atoms with E-state index in [1.54, 1.807) is 0 Å². The SMILES string of the molecule is CC(C)C(F)(CN)C1CCCN1. The lowest BCUT2D eigenvalue weighted by Gasteiger charge is -2.33. The van der Waals surface area contributed by atoms with Crippen molar-refractivity contribution in [2.75, 3.05) is 13.1 Å². The Hall–Kier alpha value is -0.150. The highest BCUT2D eigenvalue weighted by atomic mass is 19.1. The summed E-state index contributed by atoms with van der Waals surface area (Å²) in [5.74, 6) is -0.00176. The van der Waals surface area contributed by atoms with E-state index in [2.05, 4.69) is 5.32 Å². The van der Waals surface area contributed by atoms with E-state index >= 15 is 0 Å². The van der Waals surface area contributed by atoms with Crippen molar-refractivity contribution in [1.29, 1.82) is 0 Å². The summed E-state index contributed by atoms with van der Waals surface area (Å²) in [5.41, 5.74) is 4.26. The third-order valence-electron chi connectivity index (χ3n) is 2.91. The fraction of sp³-hybridized carbons (Fsp3) is 1.00. The average Bonchev–Trinajstić information content (AvgIpc) is 2.54. The normalized spacial score (nSPS) is 29.2. The summed E-state index contributed by atoms with van der Waals surface area (Å²) >= 11 is 0. The Kier molecular flexibility index (Phi) is 3.07. The topological polar surface area (TPSA) is 38.0 Å². The van der Waals surface area contributed by atoms with Gasteiger partial charge in [-0.1, -0.05) is 13.8 Å². The first-order chi connectivity index (χ1) is 5.61. The predicted octanol–water partition coefficient (Wildman–Crippen LogP) is 1.06. The van der Waals surface area contributed by atoms with Crippen molar-refractivity contribution < 1.29 is 4.39 Å². The molecule has 1 aliphatic rings. The van der Waals surface area contributed by atoms with Crippen LogP contribution < -0.4 is 11.1 Å². The van der Waals surface area contributed by atoms with E-state index in [1.807, 2.05) is 13.8 Å². The molecule has 3 N–H and O–H groups in total. The zero-order chi connectivity index (χ0) is 9.19. The standard InChI is InChI=1S/C9H19FN2/c1-7(2)9(10,6-11)8-4-3-5-12-8/h7-8,12H,3-6,11H2,1-2H3. The minimum atomic E-state index is -1.21. The number of nitrogens with two attached hydrogens (primary N) is 1. The molecule has 0 amide bonds. The Bertz CT molecular complexity index is 143. The van der Waals surface area contributed by atoms with Gasteiger partial charge in [0, 0.05) is 12.6 Å². The summed E-state index contributed by atoms with van der Waals surface area (Å²) in [6, 6.07) is -0.0255. The van der Waals surface area contributed by atoms with Gasteiger partial charge in [-0.05, 0) is 25.3 Å². The predicted molar refractivity (Wildman–Crippen MR) is 48.8 cm³/mol. The largest absolute Gasteiger partial charge is 0.327 e. The van der Waals surface area contributed by atoms with Gasteiger partial charge in [0.05, 0.1) is 0 Å². The molecule has 0 spiro atoms. The van der Waals surface area contributed by atoms with Gasteiger partial charge in [0.15, 0.2) is 0 Å². The van der Waals surface area contributed by atoms with Gasteiger partial charge in [0.1, 0.15) is 5.67 Å². The maximum absolute atomic E-state index is 14.2. The summed E-state index contributed by atoms with van der Waals surface area (Å²) < 4.78 is 14.2. The molecule has 1 heterocycles. The van der Waals surface area contributed by atoms with Gasteiger partial charge < -0.3 is 11.1 Å². The average molecular weight is 174 g/mol. The number of hydrogen-bond acceptors (Lipinski definition) is 2. The summed E-state index contributed by atoms with van der Waals surface area (Å²) in [6.45, 7) is 4.85. The second-order valence-electron chi connectivity index (χ2n) is 3.93. The van der Waals surface area contributed by atoms with Crippen molar-refractivity contribution in [3.63, 3.8) is 0 Å². The van der Waals surface area contributed by atoms with Crippen LogP contribution in [0.15, 0.2) is 0 Å². The molecule has 2 unspecified atom stereocenters. The van der Waals surface area contributed by atoms with Gasteiger partial charge in [-0.3, -0.25) is 0 Å². The van der Waals surface area contributed by atoms with Crippen molar-refractivity contribution in [2.45, 2.75) is 38.4 Å². The highest BCUT2D eigenvalue weighted by molar-refractivity contribution is 4.97. The Labute approximate surface area is 73.7 Å². The van der Waals surface area contributed by atoms with Crippen LogP contribution in [-0.2, 0) is 0 Å². The fourth-order valence-corrected chi connectivity index (χ4v) is 1.87. The molecular formula is C9H19FN2. The van der Waals surface area contributed by atoms with Gasteiger partial charge in [0.25, 0.3) is 0 Å². The molecule has 2 nitrogen and oxygen atoms in total. The molecule has 0 bridgehead atoms. The second-order valence-corrected chi connectivity index (χ2v) is 3.93. The Morgan fingerprint density at radius 3 is 2.67 bits per heavy atom. The van der Waals surface area contributed by atoms with Crippen molar-refractivity contribution in [3.05, 3.63) is 0 Å². The molecule has 12 heavy (non-hydrogen) atoms. The maximum atomic E-state index is 14.2. The monoisotopic (exact) mass is 174 g/mol. The van der Waals surface area contributed by atoms with Crippen molar-refractivity contribution in [2.24, 2.45) is 11.7 Å². The van der Waals surface area contributed by atoms with Crippen molar-refractivity contribution in [3.8, 4) is 0 Å². The smallest absolute Gasteiger partial charge is 0.140 e. The van der Waals surface area contributed by atoms with Gasteiger partial charge in [-0.25, -0.2) is 4.39 Å². The van der Waals surface area contributed by atoms with Crippen molar-refractivity contribution >= 4 is 0 Å². The summed E-state index contributed by atoms with van der Waals surface area (Å²) in [7, 11) is 0. The summed E-state index contributed by atoms with van der Waals surface area (Å²) in [4.78, 5) is 0. The first kappa shape index (κ1) is 9.93. The minimum Gasteiger partial charge on any atom is -0.327 e. The minimum absolute atomic E-state index is 0.00176. The van der Waals surface area contributed by atoms with Crippen molar-refractivity contribution in [1.82, 2.24) is 5.32 Å². The Morgan fingerprint density at radius 2 is 2.33 bits per heavy atom. The molecule has 1 fully saturated rings. The Morgan fingerprint density at radius 1 is 1.67 bits per heavy atom. The first-order valence-electron chi connectivity index (χ1n) is 4.73. The molecule has 0 aromatic carbocycles. The molecule has 3 heteroatoms. The number of nitrogens with one attached hydrogen (secondary N) is 1. The second kappa shape index (κ2) is 3.71. The molecule has 1 saturated heterocycles. The van der Waals surface area contributed by atoms with Gasteiger partial charge in [-0.2, -0.15) is 0 Å². The lowest BCUT2D eigenvalue weighted by Crippen LogP contribution is -2.53. The van der Waals surface area contributed by atoms with E-state index in [0.717, 1.165) is 19.4 Å². The zero-order valence-corrected chi connectivity index (χ0v) is 7.94. The fourth-order valence-electron chi connectivity index (χ4n) is 1.87. The van der Waals surface area contributed by atoms with Crippen LogP contribution in [0.5, 0.6) is 0 Å². The number of halogens is 1. The van der Waals surface area contributed by atoms with Gasteiger partial charge >= 0.3 is 0 Å². The van der Waals surface area contributed by atoms with Crippen LogP contribution >= 0.6 is 0 Å². The lowest BCUT2D eigenvalue weighted by molar-refractivity contribution is 0.0690. The van der Waals surface area contributed by atoms with Crippen LogP contribution in [0.1, 0.15) is 26.7 Å². The first-order valence-corrected chi connectivity index (χ1v) is 4.73. The van der Waals surface area contributed by atoms with Crippen LogP contribution in [0, 0.1) is 5.92 Å². The van der Waals surface area contributed by atoms with Crippen LogP contribution in [-0.4, -0.2) is 24.8 Å². The molecule has 72 valence electrons. The van der Waals surface area contributed by atoms with E-state index in [0.29, 0.717) is 0 Å². The molecule has 0 saturated carbocycles. The Balaban J connectivity index is 2.64. The zero-order valence-electron chi connectivity index (χ0n) is 7.94. The van der Waals surface area contributed by atoms with Gasteiger partial charge in [-0.15, -0.1) is 0 Å². The molecule has 0 aliphatic carbocycles. The molecule has 1 rings (SSSR count). The third-order valence-corrected chi connectivity index (χ3v) is 2.91. The maximum Gasteiger partial charge on any atom is 0.140 e. The van der Waals surface area contributed by atoms with E-state index in [-0.39, 0.29) is 18.5 Å². The van der Waals surface area contributed by atoms with E-state index < -0.39 is 5.67 Å². The van der Waals surface area contributed by atoms with Crippen LogP contribution in [0.4, 0.5) is 4.39 Å². The molecular weight excluding hydrogens is 155 g/mol. The van der Waals surface area contributed by atoms with Crippen LogP contribution in [0.3, 0.4) is 0 Å². The molecule has 0 radical (unpaired) electrons. The highest BCUT2D eigenvalue weighted by Crippen LogP contribution is 2.29. The number of alkyl halides is 1.